The highest BCUT2D eigenvalue weighted by Gasteiger charge is 2.23. The van der Waals surface area contributed by atoms with E-state index in [1.807, 2.05) is 17.5 Å². The first-order valence-electron chi connectivity index (χ1n) is 9.43. The van der Waals surface area contributed by atoms with Gasteiger partial charge in [-0.1, -0.05) is 24.6 Å². The van der Waals surface area contributed by atoms with Gasteiger partial charge in [-0.15, -0.1) is 11.3 Å². The molecule has 1 N–H and O–H groups in total. The van der Waals surface area contributed by atoms with Crippen molar-refractivity contribution in [2.75, 3.05) is 19.6 Å². The Balaban J connectivity index is 1.65. The van der Waals surface area contributed by atoms with Gasteiger partial charge in [0.25, 0.3) is 0 Å². The van der Waals surface area contributed by atoms with Crippen molar-refractivity contribution in [3.8, 4) is 0 Å². The number of halogens is 1. The highest BCUT2D eigenvalue weighted by atomic mass is 32.1. The first kappa shape index (κ1) is 19.1. The summed E-state index contributed by atoms with van der Waals surface area (Å²) in [4.78, 5) is 16.5. The van der Waals surface area contributed by atoms with Gasteiger partial charge in [0, 0.05) is 17.5 Å². The van der Waals surface area contributed by atoms with Gasteiger partial charge >= 0.3 is 0 Å². The van der Waals surface area contributed by atoms with E-state index in [2.05, 4.69) is 17.1 Å². The van der Waals surface area contributed by atoms with Crippen molar-refractivity contribution in [1.29, 1.82) is 0 Å². The molecule has 1 amide bonds. The van der Waals surface area contributed by atoms with E-state index in [-0.39, 0.29) is 17.6 Å². The average molecular weight is 375 g/mol. The smallest absolute Gasteiger partial charge is 0.227 e. The number of carbonyl (C=O) groups is 1. The molecule has 1 aliphatic heterocycles. The molecule has 3 rings (SSSR count). The molecule has 5 heteroatoms. The number of amides is 1. The molecule has 1 aromatic carbocycles. The predicted molar refractivity (Wildman–Crippen MR) is 105 cm³/mol. The zero-order valence-corrected chi connectivity index (χ0v) is 16.1. The van der Waals surface area contributed by atoms with Gasteiger partial charge in [-0.2, -0.15) is 0 Å². The number of carbonyl (C=O) groups excluding carboxylic acids is 1. The van der Waals surface area contributed by atoms with Crippen molar-refractivity contribution in [2.45, 2.75) is 44.6 Å². The molecule has 2 heterocycles. The molecule has 1 fully saturated rings. The van der Waals surface area contributed by atoms with Crippen LogP contribution in [0.1, 0.15) is 42.5 Å². The Morgan fingerprint density at radius 3 is 2.58 bits per heavy atom. The molecular formula is C21H27FN2OS. The van der Waals surface area contributed by atoms with Gasteiger partial charge in [-0.05, 0) is 68.4 Å². The fourth-order valence-electron chi connectivity index (χ4n) is 3.55. The second-order valence-corrected chi connectivity index (χ2v) is 8.11. The molecule has 1 aromatic heterocycles. The van der Waals surface area contributed by atoms with Gasteiger partial charge in [0.15, 0.2) is 0 Å². The van der Waals surface area contributed by atoms with Crippen LogP contribution in [0.15, 0.2) is 41.8 Å². The molecule has 2 aromatic rings. The lowest BCUT2D eigenvalue weighted by atomic mass is 9.94. The van der Waals surface area contributed by atoms with Crippen molar-refractivity contribution >= 4 is 17.2 Å². The van der Waals surface area contributed by atoms with Gasteiger partial charge in [-0.25, -0.2) is 4.39 Å². The van der Waals surface area contributed by atoms with Gasteiger partial charge in [0.1, 0.15) is 5.82 Å². The summed E-state index contributed by atoms with van der Waals surface area (Å²) in [5.41, 5.74) is 0.864. The number of benzene rings is 1. The van der Waals surface area contributed by atoms with Crippen molar-refractivity contribution in [1.82, 2.24) is 10.2 Å². The summed E-state index contributed by atoms with van der Waals surface area (Å²) in [6.07, 6.45) is 4.44. The standard InChI is InChI=1S/C21H27FN2OS/c1-16(24-11-3-2-4-12-24)15-23-21(25)20(14-19-6-5-13-26-19)17-7-9-18(22)10-8-17/h5-10,13,16,20H,2-4,11-12,14-15H2,1H3,(H,23,25). The topological polar surface area (TPSA) is 32.3 Å². The lowest BCUT2D eigenvalue weighted by Crippen LogP contribution is -2.45. The summed E-state index contributed by atoms with van der Waals surface area (Å²) < 4.78 is 13.3. The minimum absolute atomic E-state index is 0.0221. The van der Waals surface area contributed by atoms with Gasteiger partial charge < -0.3 is 5.32 Å². The number of rotatable bonds is 7. The van der Waals surface area contributed by atoms with Crippen LogP contribution in [0.25, 0.3) is 0 Å². The quantitative estimate of drug-likeness (QED) is 0.788. The van der Waals surface area contributed by atoms with Crippen molar-refractivity contribution in [3.63, 3.8) is 0 Å². The molecule has 3 nitrogen and oxygen atoms in total. The Bertz CT molecular complexity index is 681. The number of piperidine rings is 1. The van der Waals surface area contributed by atoms with E-state index in [9.17, 15) is 9.18 Å². The van der Waals surface area contributed by atoms with Gasteiger partial charge in [0.05, 0.1) is 5.92 Å². The number of hydrogen-bond acceptors (Lipinski definition) is 3. The number of likely N-dealkylation sites (tertiary alicyclic amines) is 1. The second-order valence-electron chi connectivity index (χ2n) is 7.08. The Morgan fingerprint density at radius 2 is 1.92 bits per heavy atom. The number of nitrogens with one attached hydrogen (secondary N) is 1. The monoisotopic (exact) mass is 374 g/mol. The van der Waals surface area contributed by atoms with E-state index in [0.29, 0.717) is 19.0 Å². The zero-order chi connectivity index (χ0) is 18.4. The third-order valence-corrected chi connectivity index (χ3v) is 6.06. The summed E-state index contributed by atoms with van der Waals surface area (Å²) >= 11 is 1.65. The molecule has 2 atom stereocenters. The molecule has 0 radical (unpaired) electrons. The summed E-state index contributed by atoms with van der Waals surface area (Å²) in [5, 5.41) is 5.16. The molecular weight excluding hydrogens is 347 g/mol. The van der Waals surface area contributed by atoms with Crippen molar-refractivity contribution < 1.29 is 9.18 Å². The molecule has 0 aliphatic carbocycles. The summed E-state index contributed by atoms with van der Waals surface area (Å²) in [5.74, 6) is -0.542. The molecule has 0 saturated carbocycles. The molecule has 0 spiro atoms. The maximum Gasteiger partial charge on any atom is 0.227 e. The first-order valence-corrected chi connectivity index (χ1v) is 10.3. The first-order chi connectivity index (χ1) is 12.6. The predicted octanol–water partition coefficient (Wildman–Crippen LogP) is 4.20. The lowest BCUT2D eigenvalue weighted by Gasteiger charge is -2.32. The SMILES string of the molecule is CC(CNC(=O)C(Cc1cccs1)c1ccc(F)cc1)N1CCCCC1. The lowest BCUT2D eigenvalue weighted by molar-refractivity contribution is -0.122. The number of nitrogens with zero attached hydrogens (tertiary/aromatic N) is 1. The van der Waals surface area contributed by atoms with E-state index in [1.54, 1.807) is 23.5 Å². The van der Waals surface area contributed by atoms with Crippen LogP contribution >= 0.6 is 11.3 Å². The van der Waals surface area contributed by atoms with Crippen molar-refractivity contribution in [2.24, 2.45) is 0 Å². The Kier molecular flexibility index (Phi) is 6.80. The van der Waals surface area contributed by atoms with Crippen LogP contribution in [0, 0.1) is 5.82 Å². The minimum Gasteiger partial charge on any atom is -0.354 e. The van der Waals surface area contributed by atoms with Crippen LogP contribution in [0.3, 0.4) is 0 Å². The summed E-state index contributed by atoms with van der Waals surface area (Å²) in [7, 11) is 0. The van der Waals surface area contributed by atoms with Crippen LogP contribution < -0.4 is 5.32 Å². The largest absolute Gasteiger partial charge is 0.354 e. The summed E-state index contributed by atoms with van der Waals surface area (Å²) in [6.45, 7) is 5.07. The maximum atomic E-state index is 13.3. The second kappa shape index (κ2) is 9.28. The number of hydrogen-bond donors (Lipinski definition) is 1. The van der Waals surface area contributed by atoms with E-state index in [1.165, 1.54) is 36.3 Å². The Morgan fingerprint density at radius 1 is 1.19 bits per heavy atom. The highest BCUT2D eigenvalue weighted by Crippen LogP contribution is 2.24. The normalized spacial score (nSPS) is 17.6. The van der Waals surface area contributed by atoms with Gasteiger partial charge in [-0.3, -0.25) is 9.69 Å². The Hall–Kier alpha value is -1.72. The van der Waals surface area contributed by atoms with Crippen LogP contribution in [0.4, 0.5) is 4.39 Å². The van der Waals surface area contributed by atoms with Gasteiger partial charge in [0.2, 0.25) is 5.91 Å². The fraction of sp³-hybridized carbons (Fsp3) is 0.476. The Labute approximate surface area is 159 Å². The fourth-order valence-corrected chi connectivity index (χ4v) is 4.30. The third-order valence-electron chi connectivity index (χ3n) is 5.16. The maximum absolute atomic E-state index is 13.3. The molecule has 0 bridgehead atoms. The third kappa shape index (κ3) is 5.15. The molecule has 26 heavy (non-hydrogen) atoms. The zero-order valence-electron chi connectivity index (χ0n) is 15.3. The van der Waals surface area contributed by atoms with E-state index in [0.717, 1.165) is 18.7 Å². The average Bonchev–Trinajstić information content (AvgIpc) is 3.19. The number of thiophene rings is 1. The van der Waals surface area contributed by atoms with Crippen LogP contribution in [0.2, 0.25) is 0 Å². The molecule has 2 unspecified atom stereocenters. The van der Waals surface area contributed by atoms with Crippen LogP contribution in [0.5, 0.6) is 0 Å². The van der Waals surface area contributed by atoms with Crippen molar-refractivity contribution in [3.05, 3.63) is 58.0 Å². The van der Waals surface area contributed by atoms with E-state index >= 15 is 0 Å². The molecule has 140 valence electrons. The van der Waals surface area contributed by atoms with Crippen LogP contribution in [-0.4, -0.2) is 36.5 Å². The van der Waals surface area contributed by atoms with E-state index in [4.69, 9.17) is 0 Å². The van der Waals surface area contributed by atoms with Crippen LogP contribution in [-0.2, 0) is 11.2 Å². The molecule has 1 saturated heterocycles. The molecule has 1 aliphatic rings. The minimum atomic E-state index is -0.289. The summed E-state index contributed by atoms with van der Waals surface area (Å²) in [6, 6.07) is 10.7. The highest BCUT2D eigenvalue weighted by molar-refractivity contribution is 7.09. The van der Waals surface area contributed by atoms with E-state index < -0.39 is 0 Å².